The number of fused-ring (bicyclic) bond motifs is 2. The first-order chi connectivity index (χ1) is 12.4. The minimum Gasteiger partial charge on any atom is -0.264 e. The molecular formula is C16H10N6S3. The second kappa shape index (κ2) is 6.17. The summed E-state index contributed by atoms with van der Waals surface area (Å²) in [5, 5.41) is 14.0. The summed E-state index contributed by atoms with van der Waals surface area (Å²) >= 11 is 4.87. The molecule has 0 N–H and O–H groups in total. The quantitative estimate of drug-likeness (QED) is 0.435. The van der Waals surface area contributed by atoms with Crippen LogP contribution in [0.3, 0.4) is 0 Å². The summed E-state index contributed by atoms with van der Waals surface area (Å²) < 4.78 is 4.04. The molecule has 5 rings (SSSR count). The molecule has 4 aromatic heterocycles. The van der Waals surface area contributed by atoms with E-state index in [0.29, 0.717) is 5.75 Å². The average Bonchev–Trinajstić information content (AvgIpc) is 3.34. The Bertz CT molecular complexity index is 1130. The predicted molar refractivity (Wildman–Crippen MR) is 101 cm³/mol. The van der Waals surface area contributed by atoms with Gasteiger partial charge in [-0.1, -0.05) is 35.2 Å². The summed E-state index contributed by atoms with van der Waals surface area (Å²) in [6.07, 6.45) is 3.56. The van der Waals surface area contributed by atoms with Crippen LogP contribution in [0.2, 0.25) is 0 Å². The van der Waals surface area contributed by atoms with Gasteiger partial charge in [0.2, 0.25) is 4.96 Å². The smallest absolute Gasteiger partial charge is 0.235 e. The second-order valence-electron chi connectivity index (χ2n) is 5.20. The van der Waals surface area contributed by atoms with Crippen molar-refractivity contribution in [2.45, 2.75) is 10.1 Å². The SMILES string of the molecule is c1cncc(-c2nn3c(CSc4nc5ccccc5s4)nnc3s2)c1. The first-order valence-electron chi connectivity index (χ1n) is 7.47. The standard InChI is InChI=1S/C16H10N6S3/c1-2-6-12-11(5-1)18-16(24-12)23-9-13-19-20-15-22(13)21-14(25-15)10-4-3-7-17-8-10/h1-8H,9H2. The molecule has 0 amide bonds. The fourth-order valence-corrected chi connectivity index (χ4v) is 5.22. The molecule has 0 saturated carbocycles. The first-order valence-corrected chi connectivity index (χ1v) is 10.1. The number of benzene rings is 1. The van der Waals surface area contributed by atoms with Crippen LogP contribution in [-0.2, 0) is 5.75 Å². The molecule has 0 fully saturated rings. The third-order valence-electron chi connectivity index (χ3n) is 3.56. The van der Waals surface area contributed by atoms with Crippen LogP contribution in [0, 0.1) is 0 Å². The summed E-state index contributed by atoms with van der Waals surface area (Å²) in [7, 11) is 0. The van der Waals surface area contributed by atoms with Gasteiger partial charge in [0.1, 0.15) is 5.01 Å². The molecule has 1 aromatic carbocycles. The Labute approximate surface area is 154 Å². The van der Waals surface area contributed by atoms with Gasteiger partial charge >= 0.3 is 0 Å². The largest absolute Gasteiger partial charge is 0.264 e. The molecule has 4 heterocycles. The Hall–Kier alpha value is -2.36. The zero-order valence-electron chi connectivity index (χ0n) is 12.7. The zero-order valence-corrected chi connectivity index (χ0v) is 15.2. The number of hydrogen-bond acceptors (Lipinski definition) is 8. The third kappa shape index (κ3) is 2.80. The molecule has 9 heteroatoms. The summed E-state index contributed by atoms with van der Waals surface area (Å²) in [4.78, 5) is 9.58. The van der Waals surface area contributed by atoms with Crippen LogP contribution in [0.1, 0.15) is 5.82 Å². The minimum absolute atomic E-state index is 0.678. The van der Waals surface area contributed by atoms with E-state index in [1.807, 2.05) is 34.8 Å². The average molecular weight is 382 g/mol. The van der Waals surface area contributed by atoms with Gasteiger partial charge in [-0.3, -0.25) is 4.98 Å². The highest BCUT2D eigenvalue weighted by molar-refractivity contribution is 8.00. The lowest BCUT2D eigenvalue weighted by Crippen LogP contribution is -1.94. The normalized spacial score (nSPS) is 11.5. The van der Waals surface area contributed by atoms with Crippen molar-refractivity contribution in [2.24, 2.45) is 0 Å². The van der Waals surface area contributed by atoms with Crippen molar-refractivity contribution in [1.82, 2.24) is 29.8 Å². The molecule has 0 atom stereocenters. The van der Waals surface area contributed by atoms with E-state index >= 15 is 0 Å². The lowest BCUT2D eigenvalue weighted by atomic mass is 10.3. The topological polar surface area (TPSA) is 68.9 Å². The highest BCUT2D eigenvalue weighted by Crippen LogP contribution is 2.32. The number of rotatable bonds is 4. The van der Waals surface area contributed by atoms with Crippen LogP contribution in [0.5, 0.6) is 0 Å². The van der Waals surface area contributed by atoms with Crippen LogP contribution in [-0.4, -0.2) is 29.8 Å². The monoisotopic (exact) mass is 382 g/mol. The number of pyridine rings is 1. The number of thiazole rings is 1. The second-order valence-corrected chi connectivity index (χ2v) is 8.40. The number of thioether (sulfide) groups is 1. The lowest BCUT2D eigenvalue weighted by Gasteiger charge is -1.95. The molecular weight excluding hydrogens is 372 g/mol. The van der Waals surface area contributed by atoms with Gasteiger partial charge in [0.15, 0.2) is 10.2 Å². The molecule has 122 valence electrons. The van der Waals surface area contributed by atoms with Crippen molar-refractivity contribution in [3.8, 4) is 10.6 Å². The van der Waals surface area contributed by atoms with Crippen LogP contribution in [0.15, 0.2) is 53.1 Å². The first kappa shape index (κ1) is 14.9. The molecule has 0 aliphatic heterocycles. The zero-order chi connectivity index (χ0) is 16.6. The van der Waals surface area contributed by atoms with Crippen molar-refractivity contribution in [3.63, 3.8) is 0 Å². The Morgan fingerprint density at radius 2 is 2.00 bits per heavy atom. The Morgan fingerprint density at radius 1 is 1.04 bits per heavy atom. The molecule has 0 radical (unpaired) electrons. The van der Waals surface area contributed by atoms with E-state index in [-0.39, 0.29) is 0 Å². The van der Waals surface area contributed by atoms with E-state index in [1.54, 1.807) is 35.5 Å². The maximum atomic E-state index is 4.64. The molecule has 5 aromatic rings. The third-order valence-corrected chi connectivity index (χ3v) is 6.69. The highest BCUT2D eigenvalue weighted by Gasteiger charge is 2.14. The van der Waals surface area contributed by atoms with Gasteiger partial charge in [-0.25, -0.2) is 4.98 Å². The van der Waals surface area contributed by atoms with Gasteiger partial charge < -0.3 is 0 Å². The highest BCUT2D eigenvalue weighted by atomic mass is 32.2. The van der Waals surface area contributed by atoms with Gasteiger partial charge in [0, 0.05) is 18.0 Å². The molecule has 0 spiro atoms. The number of para-hydroxylation sites is 1. The fourth-order valence-electron chi connectivity index (χ4n) is 2.39. The minimum atomic E-state index is 0.678. The van der Waals surface area contributed by atoms with E-state index in [0.717, 1.165) is 31.2 Å². The van der Waals surface area contributed by atoms with Gasteiger partial charge in [-0.05, 0) is 24.3 Å². The molecule has 25 heavy (non-hydrogen) atoms. The number of nitrogens with zero attached hydrogens (tertiary/aromatic N) is 6. The molecule has 0 unspecified atom stereocenters. The molecule has 6 nitrogen and oxygen atoms in total. The molecule has 0 bridgehead atoms. The van der Waals surface area contributed by atoms with Crippen LogP contribution < -0.4 is 0 Å². The number of aromatic nitrogens is 6. The van der Waals surface area contributed by atoms with E-state index in [9.17, 15) is 0 Å². The number of hydrogen-bond donors (Lipinski definition) is 0. The Kier molecular flexibility index (Phi) is 3.69. The Morgan fingerprint density at radius 3 is 2.88 bits per heavy atom. The lowest BCUT2D eigenvalue weighted by molar-refractivity contribution is 0.887. The maximum absolute atomic E-state index is 4.64. The van der Waals surface area contributed by atoms with Crippen molar-refractivity contribution in [1.29, 1.82) is 0 Å². The molecule has 0 aliphatic carbocycles. The van der Waals surface area contributed by atoms with Gasteiger partial charge in [-0.15, -0.1) is 21.5 Å². The maximum Gasteiger partial charge on any atom is 0.235 e. The summed E-state index contributed by atoms with van der Waals surface area (Å²) in [6, 6.07) is 12.1. The van der Waals surface area contributed by atoms with Crippen LogP contribution in [0.25, 0.3) is 25.7 Å². The van der Waals surface area contributed by atoms with Gasteiger partial charge in [-0.2, -0.15) is 9.61 Å². The summed E-state index contributed by atoms with van der Waals surface area (Å²) in [6.45, 7) is 0. The fraction of sp³-hybridized carbons (Fsp3) is 0.0625. The van der Waals surface area contributed by atoms with E-state index in [4.69, 9.17) is 0 Å². The van der Waals surface area contributed by atoms with Crippen molar-refractivity contribution < 1.29 is 0 Å². The predicted octanol–water partition coefficient (Wildman–Crippen LogP) is 4.15. The van der Waals surface area contributed by atoms with E-state index < -0.39 is 0 Å². The molecule has 0 saturated heterocycles. The van der Waals surface area contributed by atoms with Crippen molar-refractivity contribution in [3.05, 3.63) is 54.6 Å². The van der Waals surface area contributed by atoms with Crippen LogP contribution in [0.4, 0.5) is 0 Å². The summed E-state index contributed by atoms with van der Waals surface area (Å²) in [5.41, 5.74) is 2.02. The molecule has 0 aliphatic rings. The van der Waals surface area contributed by atoms with Gasteiger partial charge in [0.05, 0.1) is 16.0 Å². The summed E-state index contributed by atoms with van der Waals surface area (Å²) in [5.74, 6) is 1.50. The van der Waals surface area contributed by atoms with E-state index in [2.05, 4.69) is 31.3 Å². The van der Waals surface area contributed by atoms with Crippen molar-refractivity contribution >= 4 is 49.6 Å². The van der Waals surface area contributed by atoms with Gasteiger partial charge in [0.25, 0.3) is 0 Å². The van der Waals surface area contributed by atoms with Crippen LogP contribution >= 0.6 is 34.4 Å². The Balaban J connectivity index is 1.42. The van der Waals surface area contributed by atoms with E-state index in [1.165, 1.54) is 16.0 Å². The van der Waals surface area contributed by atoms with Crippen molar-refractivity contribution in [2.75, 3.05) is 0 Å².